The lowest BCUT2D eigenvalue weighted by Gasteiger charge is -2.13. The van der Waals surface area contributed by atoms with E-state index in [1.165, 1.54) is 10.7 Å². The number of amides is 3. The molecular weight excluding hydrogens is 511 g/mol. The molecule has 0 aliphatic heterocycles. The van der Waals surface area contributed by atoms with Crippen molar-refractivity contribution >= 4 is 74.8 Å². The molecule has 1 aromatic heterocycles. The van der Waals surface area contributed by atoms with Crippen molar-refractivity contribution in [3.8, 4) is 0 Å². The molecule has 3 aromatic carbocycles. The molecular formula is C25H19Cl3N4O3. The van der Waals surface area contributed by atoms with Gasteiger partial charge in [-0.25, -0.2) is 4.68 Å². The maximum Gasteiger partial charge on any atom is 0.328 e. The van der Waals surface area contributed by atoms with Crippen molar-refractivity contribution < 1.29 is 14.4 Å². The van der Waals surface area contributed by atoms with Crippen LogP contribution in [-0.2, 0) is 9.59 Å². The first kappa shape index (κ1) is 24.6. The number of carbonyl (C=O) groups is 3. The first-order valence-electron chi connectivity index (χ1n) is 10.4. The SMILES string of the molecule is Cc1ccc(NC(=O)C(=O)Nn2c(C(=O)Nc3ccc(Cl)c(Cl)c3)cc3cc(Cl)ccc32)cc1C. The van der Waals surface area contributed by atoms with E-state index in [0.29, 0.717) is 32.3 Å². The van der Waals surface area contributed by atoms with E-state index in [2.05, 4.69) is 16.1 Å². The van der Waals surface area contributed by atoms with Gasteiger partial charge in [0.1, 0.15) is 5.69 Å². The topological polar surface area (TPSA) is 92.2 Å². The number of anilines is 2. The van der Waals surface area contributed by atoms with Crippen LogP contribution < -0.4 is 16.1 Å². The second-order valence-corrected chi connectivity index (χ2v) is 9.10. The summed E-state index contributed by atoms with van der Waals surface area (Å²) in [7, 11) is 0. The van der Waals surface area contributed by atoms with Gasteiger partial charge in [-0.3, -0.25) is 19.8 Å². The first-order chi connectivity index (χ1) is 16.6. The van der Waals surface area contributed by atoms with Gasteiger partial charge in [-0.1, -0.05) is 40.9 Å². The molecule has 0 fully saturated rings. The maximum atomic E-state index is 13.1. The van der Waals surface area contributed by atoms with Gasteiger partial charge in [-0.15, -0.1) is 0 Å². The number of aryl methyl sites for hydroxylation is 2. The van der Waals surface area contributed by atoms with Crippen LogP contribution in [0.1, 0.15) is 21.6 Å². The molecule has 0 aliphatic carbocycles. The second kappa shape index (κ2) is 10.00. The number of hydrogen-bond donors (Lipinski definition) is 3. The summed E-state index contributed by atoms with van der Waals surface area (Å²) in [5, 5.41) is 6.93. The summed E-state index contributed by atoms with van der Waals surface area (Å²) in [4.78, 5) is 38.4. The minimum atomic E-state index is -0.959. The zero-order chi connectivity index (χ0) is 25.3. The molecule has 0 bridgehead atoms. The van der Waals surface area contributed by atoms with Crippen LogP contribution in [-0.4, -0.2) is 22.4 Å². The molecule has 4 aromatic rings. The van der Waals surface area contributed by atoms with Gasteiger partial charge in [0, 0.05) is 21.8 Å². The van der Waals surface area contributed by atoms with Crippen molar-refractivity contribution in [1.82, 2.24) is 4.68 Å². The fraction of sp³-hybridized carbons (Fsp3) is 0.0800. The van der Waals surface area contributed by atoms with E-state index in [4.69, 9.17) is 34.8 Å². The number of nitrogens with zero attached hydrogens (tertiary/aromatic N) is 1. The quantitative estimate of drug-likeness (QED) is 0.276. The molecule has 3 N–H and O–H groups in total. The van der Waals surface area contributed by atoms with Gasteiger partial charge >= 0.3 is 11.8 Å². The number of nitrogens with one attached hydrogen (secondary N) is 3. The minimum absolute atomic E-state index is 0.0701. The predicted octanol–water partition coefficient (Wildman–Crippen LogP) is 6.18. The van der Waals surface area contributed by atoms with Crippen LogP contribution in [0.5, 0.6) is 0 Å². The Labute approximate surface area is 215 Å². The Hall–Kier alpha value is -3.52. The number of halogens is 3. The van der Waals surface area contributed by atoms with Gasteiger partial charge in [-0.2, -0.15) is 0 Å². The zero-order valence-electron chi connectivity index (χ0n) is 18.6. The monoisotopic (exact) mass is 528 g/mol. The lowest BCUT2D eigenvalue weighted by atomic mass is 10.1. The summed E-state index contributed by atoms with van der Waals surface area (Å²) in [6, 6.07) is 16.4. The van der Waals surface area contributed by atoms with E-state index in [9.17, 15) is 14.4 Å². The molecule has 178 valence electrons. The molecule has 0 spiro atoms. The smallest absolute Gasteiger partial charge is 0.321 e. The molecule has 0 aliphatic rings. The van der Waals surface area contributed by atoms with Crippen LogP contribution in [0, 0.1) is 13.8 Å². The third kappa shape index (κ3) is 5.43. The minimum Gasteiger partial charge on any atom is -0.321 e. The van der Waals surface area contributed by atoms with E-state index in [1.807, 2.05) is 19.9 Å². The number of fused-ring (bicyclic) bond motifs is 1. The lowest BCUT2D eigenvalue weighted by molar-refractivity contribution is -0.133. The van der Waals surface area contributed by atoms with Gasteiger partial charge < -0.3 is 10.6 Å². The molecule has 4 rings (SSSR count). The third-order valence-corrected chi connectivity index (χ3v) is 6.33. The van der Waals surface area contributed by atoms with Crippen LogP contribution in [0.2, 0.25) is 15.1 Å². The lowest BCUT2D eigenvalue weighted by Crippen LogP contribution is -2.36. The highest BCUT2D eigenvalue weighted by Crippen LogP contribution is 2.27. The van der Waals surface area contributed by atoms with Crippen molar-refractivity contribution in [1.29, 1.82) is 0 Å². The number of rotatable bonds is 4. The summed E-state index contributed by atoms with van der Waals surface area (Å²) in [5.74, 6) is -2.40. The molecule has 0 saturated heterocycles. The van der Waals surface area contributed by atoms with Crippen molar-refractivity contribution in [2.24, 2.45) is 0 Å². The Morgan fingerprint density at radius 1 is 0.714 bits per heavy atom. The van der Waals surface area contributed by atoms with Crippen LogP contribution in [0.3, 0.4) is 0 Å². The molecule has 1 heterocycles. The standard InChI is InChI=1S/C25H19Cl3N4O3/c1-13-3-5-17(9-14(13)2)30-24(34)25(35)31-32-21-8-4-16(26)10-15(21)11-22(32)23(33)29-18-6-7-19(27)20(28)12-18/h3-12H,1-2H3,(H,29,33)(H,30,34)(H,31,35). The van der Waals surface area contributed by atoms with Gasteiger partial charge in [0.2, 0.25) is 0 Å². The highest BCUT2D eigenvalue weighted by Gasteiger charge is 2.21. The Morgan fingerprint density at radius 2 is 1.43 bits per heavy atom. The van der Waals surface area contributed by atoms with Gasteiger partial charge in [-0.05, 0) is 79.6 Å². The highest BCUT2D eigenvalue weighted by atomic mass is 35.5. The summed E-state index contributed by atoms with van der Waals surface area (Å²) in [5.41, 5.74) is 5.95. The molecule has 0 saturated carbocycles. The van der Waals surface area contributed by atoms with Crippen molar-refractivity contribution in [2.75, 3.05) is 16.1 Å². The van der Waals surface area contributed by atoms with Crippen molar-refractivity contribution in [3.05, 3.63) is 92.6 Å². The first-order valence-corrected chi connectivity index (χ1v) is 11.5. The molecule has 0 radical (unpaired) electrons. The van der Waals surface area contributed by atoms with E-state index in [-0.39, 0.29) is 10.7 Å². The van der Waals surface area contributed by atoms with E-state index in [1.54, 1.807) is 48.5 Å². The molecule has 10 heteroatoms. The van der Waals surface area contributed by atoms with Crippen LogP contribution >= 0.6 is 34.8 Å². The number of hydrogen-bond acceptors (Lipinski definition) is 3. The molecule has 35 heavy (non-hydrogen) atoms. The van der Waals surface area contributed by atoms with Gasteiger partial charge in [0.05, 0.1) is 15.6 Å². The fourth-order valence-corrected chi connectivity index (χ4v) is 3.88. The van der Waals surface area contributed by atoms with E-state index in [0.717, 1.165) is 11.1 Å². The second-order valence-electron chi connectivity index (χ2n) is 7.85. The average molecular weight is 530 g/mol. The maximum absolute atomic E-state index is 13.1. The van der Waals surface area contributed by atoms with Crippen LogP contribution in [0.25, 0.3) is 10.9 Å². The Bertz CT molecular complexity index is 1500. The molecule has 0 unspecified atom stereocenters. The molecule has 0 atom stereocenters. The van der Waals surface area contributed by atoms with E-state index >= 15 is 0 Å². The van der Waals surface area contributed by atoms with Gasteiger partial charge in [0.15, 0.2) is 0 Å². The number of benzene rings is 3. The zero-order valence-corrected chi connectivity index (χ0v) is 20.8. The normalized spacial score (nSPS) is 10.8. The molecule has 7 nitrogen and oxygen atoms in total. The van der Waals surface area contributed by atoms with Crippen LogP contribution in [0.15, 0.2) is 60.7 Å². The molecule has 3 amide bonds. The largest absolute Gasteiger partial charge is 0.328 e. The summed E-state index contributed by atoms with van der Waals surface area (Å²) in [6.45, 7) is 3.85. The van der Waals surface area contributed by atoms with Crippen LogP contribution in [0.4, 0.5) is 11.4 Å². The number of aromatic nitrogens is 1. The van der Waals surface area contributed by atoms with Crippen molar-refractivity contribution in [3.63, 3.8) is 0 Å². The predicted molar refractivity (Wildman–Crippen MR) is 140 cm³/mol. The summed E-state index contributed by atoms with van der Waals surface area (Å²) < 4.78 is 1.24. The van der Waals surface area contributed by atoms with Gasteiger partial charge in [0.25, 0.3) is 5.91 Å². The fourth-order valence-electron chi connectivity index (χ4n) is 3.40. The summed E-state index contributed by atoms with van der Waals surface area (Å²) in [6.07, 6.45) is 0. The van der Waals surface area contributed by atoms with Crippen molar-refractivity contribution in [2.45, 2.75) is 13.8 Å². The highest BCUT2D eigenvalue weighted by molar-refractivity contribution is 6.43. The Morgan fingerprint density at radius 3 is 2.14 bits per heavy atom. The summed E-state index contributed by atoms with van der Waals surface area (Å²) >= 11 is 18.1. The Kier molecular flexibility index (Phi) is 7.03. The van der Waals surface area contributed by atoms with E-state index < -0.39 is 17.7 Å². The average Bonchev–Trinajstić information content (AvgIpc) is 3.16. The Balaban J connectivity index is 1.62. The number of carbonyl (C=O) groups excluding carboxylic acids is 3. The third-order valence-electron chi connectivity index (χ3n) is 5.36.